The van der Waals surface area contributed by atoms with Gasteiger partial charge in [0.15, 0.2) is 0 Å². The van der Waals surface area contributed by atoms with E-state index in [2.05, 4.69) is 0 Å². The van der Waals surface area contributed by atoms with Crippen LogP contribution in [0.5, 0.6) is 0 Å². The van der Waals surface area contributed by atoms with Crippen molar-refractivity contribution in [3.63, 3.8) is 0 Å². The molecule has 1 amide bonds. The number of hydrogen-bond donors (Lipinski definition) is 1. The number of nitrogens with one attached hydrogen (secondary N) is 1. The zero-order valence-corrected chi connectivity index (χ0v) is 9.12. The predicted octanol–water partition coefficient (Wildman–Crippen LogP) is 0.777. The van der Waals surface area contributed by atoms with Gasteiger partial charge in [-0.05, 0) is 11.5 Å². The van der Waals surface area contributed by atoms with Crippen LogP contribution < -0.4 is 4.72 Å². The molecule has 1 unspecified atom stereocenters. The maximum Gasteiger partial charge on any atom is 0.323 e. The minimum absolute atomic E-state index is 0.119. The van der Waals surface area contributed by atoms with E-state index in [4.69, 9.17) is 0 Å². The summed E-state index contributed by atoms with van der Waals surface area (Å²) in [6.07, 6.45) is 1.18. The zero-order chi connectivity index (χ0) is 11.3. The van der Waals surface area contributed by atoms with Crippen LogP contribution in [0.4, 0.5) is 0 Å². The molecule has 1 aromatic carbocycles. The zero-order valence-electron chi connectivity index (χ0n) is 8.30. The van der Waals surface area contributed by atoms with E-state index in [0.717, 1.165) is 5.56 Å². The van der Waals surface area contributed by atoms with Crippen LogP contribution in [0.15, 0.2) is 30.3 Å². The summed E-state index contributed by atoms with van der Waals surface area (Å²) in [5.41, 5.74) is 0.925. The van der Waals surface area contributed by atoms with Crippen molar-refractivity contribution in [2.45, 2.75) is 12.8 Å². The Morgan fingerprint density at radius 3 is 2.47 bits per heavy atom. The van der Waals surface area contributed by atoms with Gasteiger partial charge in [-0.2, -0.15) is 0 Å². The molecule has 81 valence electrons. The molecule has 1 aromatic rings. The molecule has 0 fully saturated rings. The molecule has 0 aliphatic heterocycles. The van der Waals surface area contributed by atoms with Gasteiger partial charge in [0.25, 0.3) is 0 Å². The maximum absolute atomic E-state index is 11.2. The van der Waals surface area contributed by atoms with Gasteiger partial charge in [0.1, 0.15) is 0 Å². The van der Waals surface area contributed by atoms with Gasteiger partial charge in [-0.15, -0.1) is 0 Å². The summed E-state index contributed by atoms with van der Waals surface area (Å²) in [5.74, 6) is -0.274. The SMILES string of the molecule is CC(CS(=O)(=O)N[C]=O)c1ccccc1. The van der Waals surface area contributed by atoms with Crippen LogP contribution in [-0.2, 0) is 14.8 Å². The molecule has 5 heteroatoms. The van der Waals surface area contributed by atoms with Crippen molar-refractivity contribution in [2.24, 2.45) is 0 Å². The first-order chi connectivity index (χ1) is 7.05. The summed E-state index contributed by atoms with van der Waals surface area (Å²) in [6.45, 7) is 1.79. The number of hydrogen-bond acceptors (Lipinski definition) is 3. The van der Waals surface area contributed by atoms with Crippen LogP contribution in [0.25, 0.3) is 0 Å². The minimum Gasteiger partial charge on any atom is -0.263 e. The number of carbonyl (C=O) groups excluding carboxylic acids is 1. The molecule has 15 heavy (non-hydrogen) atoms. The molecule has 0 heterocycles. The largest absolute Gasteiger partial charge is 0.323 e. The van der Waals surface area contributed by atoms with Crippen molar-refractivity contribution < 1.29 is 13.2 Å². The van der Waals surface area contributed by atoms with Crippen LogP contribution in [0, 0.1) is 0 Å². The van der Waals surface area contributed by atoms with Crippen LogP contribution >= 0.6 is 0 Å². The number of amides is 1. The lowest BCUT2D eigenvalue weighted by molar-refractivity contribution is 0.546. The Bertz CT molecular complexity index is 414. The van der Waals surface area contributed by atoms with Crippen molar-refractivity contribution in [2.75, 3.05) is 5.75 Å². The van der Waals surface area contributed by atoms with E-state index in [1.807, 2.05) is 30.3 Å². The van der Waals surface area contributed by atoms with Crippen LogP contribution in [0.1, 0.15) is 18.4 Å². The van der Waals surface area contributed by atoms with Gasteiger partial charge in [-0.1, -0.05) is 37.3 Å². The highest BCUT2D eigenvalue weighted by atomic mass is 32.2. The Balaban J connectivity index is 2.72. The summed E-state index contributed by atoms with van der Waals surface area (Å²) in [5, 5.41) is 0. The van der Waals surface area contributed by atoms with Crippen molar-refractivity contribution >= 4 is 16.4 Å². The Hall–Kier alpha value is -1.36. The predicted molar refractivity (Wildman–Crippen MR) is 57.5 cm³/mol. The summed E-state index contributed by atoms with van der Waals surface area (Å²) in [7, 11) is -3.55. The smallest absolute Gasteiger partial charge is 0.263 e. The van der Waals surface area contributed by atoms with Crippen molar-refractivity contribution in [3.05, 3.63) is 35.9 Å². The van der Waals surface area contributed by atoms with Gasteiger partial charge in [0.05, 0.1) is 5.75 Å². The van der Waals surface area contributed by atoms with Crippen LogP contribution in [0.3, 0.4) is 0 Å². The van der Waals surface area contributed by atoms with Crippen molar-refractivity contribution in [3.8, 4) is 0 Å². The molecular weight excluding hydrogens is 214 g/mol. The molecule has 0 bridgehead atoms. The lowest BCUT2D eigenvalue weighted by Gasteiger charge is -2.10. The second-order valence-corrected chi connectivity index (χ2v) is 5.06. The fourth-order valence-electron chi connectivity index (χ4n) is 1.31. The standard InChI is InChI=1S/C10H12NO3S/c1-9(7-15(13,14)11-8-12)10-5-3-2-4-6-10/h2-6,9H,7H2,1H3,(H,11,12). The van der Waals surface area contributed by atoms with Gasteiger partial charge >= 0.3 is 6.41 Å². The third-order valence-corrected chi connectivity index (χ3v) is 3.37. The molecule has 0 aromatic heterocycles. The lowest BCUT2D eigenvalue weighted by atomic mass is 10.0. The summed E-state index contributed by atoms with van der Waals surface area (Å²) < 4.78 is 24.2. The van der Waals surface area contributed by atoms with Crippen LogP contribution in [0.2, 0.25) is 0 Å². The third kappa shape index (κ3) is 3.71. The molecule has 1 rings (SSSR count). The van der Waals surface area contributed by atoms with E-state index in [9.17, 15) is 13.2 Å². The average molecular weight is 226 g/mol. The molecule has 0 spiro atoms. The Kier molecular flexibility index (Phi) is 3.85. The summed E-state index contributed by atoms with van der Waals surface area (Å²) in [4.78, 5) is 9.92. The van der Waals surface area contributed by atoms with E-state index >= 15 is 0 Å². The first-order valence-corrected chi connectivity index (χ1v) is 6.12. The highest BCUT2D eigenvalue weighted by Crippen LogP contribution is 2.15. The van der Waals surface area contributed by atoms with E-state index in [0.29, 0.717) is 0 Å². The first-order valence-electron chi connectivity index (χ1n) is 4.47. The van der Waals surface area contributed by atoms with E-state index in [1.165, 1.54) is 6.41 Å². The lowest BCUT2D eigenvalue weighted by Crippen LogP contribution is -2.27. The molecule has 0 aliphatic carbocycles. The number of rotatable bonds is 5. The van der Waals surface area contributed by atoms with E-state index < -0.39 is 10.0 Å². The van der Waals surface area contributed by atoms with Gasteiger partial charge in [0, 0.05) is 0 Å². The Labute approximate surface area is 89.4 Å². The monoisotopic (exact) mass is 226 g/mol. The molecule has 0 saturated heterocycles. The normalized spacial score (nSPS) is 13.1. The molecular formula is C10H12NO3S. The van der Waals surface area contributed by atoms with Crippen molar-refractivity contribution in [1.29, 1.82) is 0 Å². The molecule has 1 radical (unpaired) electrons. The second kappa shape index (κ2) is 4.93. The second-order valence-electron chi connectivity index (χ2n) is 3.30. The molecule has 0 saturated carbocycles. The molecule has 1 N–H and O–H groups in total. The third-order valence-electron chi connectivity index (χ3n) is 2.04. The Morgan fingerprint density at radius 1 is 1.33 bits per heavy atom. The van der Waals surface area contributed by atoms with Gasteiger partial charge in [-0.25, -0.2) is 13.1 Å². The van der Waals surface area contributed by atoms with Crippen molar-refractivity contribution in [1.82, 2.24) is 4.72 Å². The quantitative estimate of drug-likeness (QED) is 0.754. The number of sulfonamides is 1. The minimum atomic E-state index is -3.55. The molecule has 4 nitrogen and oxygen atoms in total. The molecule has 0 aliphatic rings. The first kappa shape index (κ1) is 11.7. The number of benzene rings is 1. The van der Waals surface area contributed by atoms with Gasteiger partial charge < -0.3 is 0 Å². The highest BCUT2D eigenvalue weighted by Gasteiger charge is 2.16. The summed E-state index contributed by atoms with van der Waals surface area (Å²) in [6, 6.07) is 9.26. The van der Waals surface area contributed by atoms with Gasteiger partial charge in [-0.3, -0.25) is 4.79 Å². The highest BCUT2D eigenvalue weighted by molar-refractivity contribution is 7.90. The van der Waals surface area contributed by atoms with E-state index in [-0.39, 0.29) is 11.7 Å². The van der Waals surface area contributed by atoms with Crippen LogP contribution in [-0.4, -0.2) is 20.6 Å². The topological polar surface area (TPSA) is 63.2 Å². The Morgan fingerprint density at radius 2 is 1.93 bits per heavy atom. The van der Waals surface area contributed by atoms with Gasteiger partial charge in [0.2, 0.25) is 10.0 Å². The fraction of sp³-hybridized carbons (Fsp3) is 0.300. The average Bonchev–Trinajstić information content (AvgIpc) is 2.18. The summed E-state index contributed by atoms with van der Waals surface area (Å²) >= 11 is 0. The van der Waals surface area contributed by atoms with E-state index in [1.54, 1.807) is 11.6 Å². The molecule has 1 atom stereocenters. The maximum atomic E-state index is 11.2. The fourth-order valence-corrected chi connectivity index (χ4v) is 2.37.